The third kappa shape index (κ3) is 9.03. The van der Waals surface area contributed by atoms with Crippen molar-refractivity contribution in [1.82, 2.24) is 0 Å². The van der Waals surface area contributed by atoms with Crippen molar-refractivity contribution >= 4 is 5.97 Å². The number of rotatable bonds is 6. The molecule has 0 saturated heterocycles. The number of methoxy groups -OCH3 is 1. The summed E-state index contributed by atoms with van der Waals surface area (Å²) in [6.45, 7) is 9.54. The maximum absolute atomic E-state index is 10.2. The molecule has 0 spiro atoms. The maximum atomic E-state index is 10.2. The fourth-order valence-corrected chi connectivity index (χ4v) is 1.61. The molecule has 1 atom stereocenters. The standard InChI is InChI=1S/C11H20.C5H8O2/c1-3-4-5-6-7-8-11-9-10(11)2;1-4(2)5(6)7-3/h8,10H,3-7,9H2,1-2H3;1H2,2-3H3. The molecule has 0 amide bonds. The van der Waals surface area contributed by atoms with Crippen LogP contribution in [0.4, 0.5) is 0 Å². The first kappa shape index (κ1) is 16.9. The van der Waals surface area contributed by atoms with Gasteiger partial charge in [0.1, 0.15) is 0 Å². The van der Waals surface area contributed by atoms with E-state index in [0.717, 1.165) is 5.92 Å². The van der Waals surface area contributed by atoms with Crippen LogP contribution in [0.2, 0.25) is 0 Å². The molecule has 0 aromatic carbocycles. The number of hydrogen-bond acceptors (Lipinski definition) is 2. The molecule has 2 heteroatoms. The van der Waals surface area contributed by atoms with Crippen LogP contribution in [0.3, 0.4) is 0 Å². The van der Waals surface area contributed by atoms with Crippen molar-refractivity contribution in [2.75, 3.05) is 7.11 Å². The Bertz CT molecular complexity index is 289. The van der Waals surface area contributed by atoms with Crippen LogP contribution >= 0.6 is 0 Å². The third-order valence-corrected chi connectivity index (χ3v) is 3.01. The van der Waals surface area contributed by atoms with Gasteiger partial charge in [-0.1, -0.05) is 51.3 Å². The molecule has 2 nitrogen and oxygen atoms in total. The van der Waals surface area contributed by atoms with Crippen molar-refractivity contribution in [1.29, 1.82) is 0 Å². The van der Waals surface area contributed by atoms with Crippen LogP contribution in [-0.4, -0.2) is 13.1 Å². The van der Waals surface area contributed by atoms with Crippen molar-refractivity contribution in [3.8, 4) is 0 Å². The third-order valence-electron chi connectivity index (χ3n) is 3.01. The molecule has 1 unspecified atom stereocenters. The number of carbonyl (C=O) groups excluding carboxylic acids is 1. The zero-order valence-electron chi connectivity index (χ0n) is 12.4. The normalized spacial score (nSPS) is 18.9. The lowest BCUT2D eigenvalue weighted by Gasteiger charge is -1.93. The maximum Gasteiger partial charge on any atom is 0.332 e. The molecule has 1 saturated carbocycles. The summed E-state index contributed by atoms with van der Waals surface area (Å²) < 4.78 is 4.27. The van der Waals surface area contributed by atoms with Crippen LogP contribution in [0.5, 0.6) is 0 Å². The van der Waals surface area contributed by atoms with Crippen LogP contribution in [0.25, 0.3) is 0 Å². The largest absolute Gasteiger partial charge is 0.466 e. The number of hydrogen-bond donors (Lipinski definition) is 0. The average Bonchev–Trinajstić information content (AvgIpc) is 3.04. The quantitative estimate of drug-likeness (QED) is 0.297. The lowest BCUT2D eigenvalue weighted by atomic mass is 10.1. The highest BCUT2D eigenvalue weighted by Crippen LogP contribution is 2.37. The van der Waals surface area contributed by atoms with E-state index in [1.807, 2.05) is 0 Å². The molecule has 1 aliphatic carbocycles. The summed E-state index contributed by atoms with van der Waals surface area (Å²) >= 11 is 0. The van der Waals surface area contributed by atoms with Gasteiger partial charge in [0.15, 0.2) is 0 Å². The predicted molar refractivity (Wildman–Crippen MR) is 77.5 cm³/mol. The molecule has 0 bridgehead atoms. The van der Waals surface area contributed by atoms with Crippen LogP contribution in [0, 0.1) is 5.92 Å². The van der Waals surface area contributed by atoms with E-state index in [1.54, 1.807) is 12.5 Å². The topological polar surface area (TPSA) is 26.3 Å². The highest BCUT2D eigenvalue weighted by molar-refractivity contribution is 5.86. The van der Waals surface area contributed by atoms with Gasteiger partial charge in [-0.05, 0) is 32.1 Å². The summed E-state index contributed by atoms with van der Waals surface area (Å²) in [4.78, 5) is 10.2. The Morgan fingerprint density at radius 3 is 2.39 bits per heavy atom. The summed E-state index contributed by atoms with van der Waals surface area (Å²) in [5.41, 5.74) is 2.14. The van der Waals surface area contributed by atoms with E-state index in [1.165, 1.54) is 45.6 Å². The fraction of sp³-hybridized carbons (Fsp3) is 0.688. The van der Waals surface area contributed by atoms with Gasteiger partial charge in [-0.25, -0.2) is 4.79 Å². The van der Waals surface area contributed by atoms with Crippen LogP contribution in [0.15, 0.2) is 23.8 Å². The van der Waals surface area contributed by atoms with Gasteiger partial charge in [-0.3, -0.25) is 0 Å². The molecule has 0 aromatic heterocycles. The summed E-state index contributed by atoms with van der Waals surface area (Å²) in [6, 6.07) is 0. The monoisotopic (exact) mass is 252 g/mol. The molecule has 0 aliphatic heterocycles. The Labute approximate surface area is 112 Å². The fourth-order valence-electron chi connectivity index (χ4n) is 1.61. The number of allylic oxidation sites excluding steroid dienone is 2. The Hall–Kier alpha value is -1.05. The predicted octanol–water partition coefficient (Wildman–Crippen LogP) is 4.66. The van der Waals surface area contributed by atoms with Crippen molar-refractivity contribution in [3.63, 3.8) is 0 Å². The van der Waals surface area contributed by atoms with Crippen LogP contribution in [0.1, 0.15) is 59.3 Å². The van der Waals surface area contributed by atoms with Crippen LogP contribution < -0.4 is 0 Å². The lowest BCUT2D eigenvalue weighted by molar-refractivity contribution is -0.136. The molecule has 0 radical (unpaired) electrons. The summed E-state index contributed by atoms with van der Waals surface area (Å²) in [5, 5.41) is 0. The second-order valence-electron chi connectivity index (χ2n) is 5.01. The Morgan fingerprint density at radius 2 is 2.06 bits per heavy atom. The second kappa shape index (κ2) is 9.93. The Balaban J connectivity index is 0.000000360. The van der Waals surface area contributed by atoms with Crippen molar-refractivity contribution in [2.24, 2.45) is 5.92 Å². The summed E-state index contributed by atoms with van der Waals surface area (Å²) in [7, 11) is 1.33. The highest BCUT2D eigenvalue weighted by atomic mass is 16.5. The van der Waals surface area contributed by atoms with E-state index in [9.17, 15) is 4.79 Å². The molecule has 1 fully saturated rings. The van der Waals surface area contributed by atoms with E-state index in [4.69, 9.17) is 0 Å². The van der Waals surface area contributed by atoms with E-state index in [-0.39, 0.29) is 5.97 Å². The number of esters is 1. The first-order valence-electron chi connectivity index (χ1n) is 6.95. The molecule has 0 N–H and O–H groups in total. The smallest absolute Gasteiger partial charge is 0.332 e. The lowest BCUT2D eigenvalue weighted by Crippen LogP contribution is -1.98. The molecular weight excluding hydrogens is 224 g/mol. The Morgan fingerprint density at radius 1 is 1.44 bits per heavy atom. The van der Waals surface area contributed by atoms with Crippen molar-refractivity contribution < 1.29 is 9.53 Å². The molecule has 1 aliphatic rings. The van der Waals surface area contributed by atoms with E-state index in [2.05, 4.69) is 31.2 Å². The minimum absolute atomic E-state index is 0.347. The molecular formula is C16H28O2. The zero-order chi connectivity index (χ0) is 14.0. The minimum Gasteiger partial charge on any atom is -0.466 e. The van der Waals surface area contributed by atoms with Crippen molar-refractivity contribution in [2.45, 2.75) is 59.3 Å². The molecule has 18 heavy (non-hydrogen) atoms. The second-order valence-corrected chi connectivity index (χ2v) is 5.01. The van der Waals surface area contributed by atoms with Gasteiger partial charge < -0.3 is 4.74 Å². The summed E-state index contributed by atoms with van der Waals surface area (Å²) in [5.74, 6) is 0.584. The average molecular weight is 252 g/mol. The van der Waals surface area contributed by atoms with Gasteiger partial charge in [-0.15, -0.1) is 0 Å². The van der Waals surface area contributed by atoms with Gasteiger partial charge in [-0.2, -0.15) is 0 Å². The number of ether oxygens (including phenoxy) is 1. The molecule has 0 heterocycles. The van der Waals surface area contributed by atoms with Gasteiger partial charge in [0.05, 0.1) is 7.11 Å². The van der Waals surface area contributed by atoms with E-state index in [0.29, 0.717) is 5.57 Å². The number of unbranched alkanes of at least 4 members (excludes halogenated alkanes) is 4. The molecule has 104 valence electrons. The van der Waals surface area contributed by atoms with Crippen LogP contribution in [-0.2, 0) is 9.53 Å². The van der Waals surface area contributed by atoms with Gasteiger partial charge in [0, 0.05) is 5.57 Å². The van der Waals surface area contributed by atoms with Gasteiger partial charge >= 0.3 is 5.97 Å². The number of carbonyl (C=O) groups is 1. The minimum atomic E-state index is -0.347. The van der Waals surface area contributed by atoms with E-state index < -0.39 is 0 Å². The highest BCUT2D eigenvalue weighted by Gasteiger charge is 2.22. The van der Waals surface area contributed by atoms with Crippen molar-refractivity contribution in [3.05, 3.63) is 23.8 Å². The Kier molecular flexibility index (Phi) is 9.35. The first-order valence-corrected chi connectivity index (χ1v) is 6.95. The zero-order valence-corrected chi connectivity index (χ0v) is 12.4. The summed E-state index contributed by atoms with van der Waals surface area (Å²) in [6.07, 6.45) is 10.8. The SMILES string of the molecule is C=C(C)C(=O)OC.CCCCCCC=C1CC1C. The van der Waals surface area contributed by atoms with Gasteiger partial charge in [0.2, 0.25) is 0 Å². The van der Waals surface area contributed by atoms with E-state index >= 15 is 0 Å². The molecule has 0 aromatic rings. The molecule has 1 rings (SSSR count). The van der Waals surface area contributed by atoms with Gasteiger partial charge in [0.25, 0.3) is 0 Å². The first-order chi connectivity index (χ1) is 8.52.